The van der Waals surface area contributed by atoms with Crippen LogP contribution in [0.25, 0.3) is 0 Å². The lowest BCUT2D eigenvalue weighted by atomic mass is 9.81. The minimum atomic E-state index is -0.385. The summed E-state index contributed by atoms with van der Waals surface area (Å²) in [6.45, 7) is 12.5. The Morgan fingerprint density at radius 1 is 1.17 bits per heavy atom. The van der Waals surface area contributed by atoms with E-state index in [2.05, 4.69) is 12.7 Å². The second kappa shape index (κ2) is 6.87. The molecule has 29 heavy (non-hydrogen) atoms. The Balaban J connectivity index is 1.80. The van der Waals surface area contributed by atoms with Gasteiger partial charge in [-0.15, -0.1) is 6.58 Å². The topological polar surface area (TPSA) is 58.9 Å². The van der Waals surface area contributed by atoms with Crippen molar-refractivity contribution in [1.82, 2.24) is 0 Å². The molecule has 0 radical (unpaired) electrons. The molecule has 152 valence electrons. The minimum Gasteiger partial charge on any atom is -0.508 e. The molecule has 0 saturated carbocycles. The van der Waals surface area contributed by atoms with Crippen LogP contribution in [0.5, 0.6) is 23.0 Å². The third kappa shape index (κ3) is 3.17. The van der Waals surface area contributed by atoms with Crippen LogP contribution < -0.4 is 9.47 Å². The van der Waals surface area contributed by atoms with Crippen LogP contribution in [0.15, 0.2) is 48.6 Å². The molecule has 4 rings (SSSR count). The van der Waals surface area contributed by atoms with Gasteiger partial charge in [-0.2, -0.15) is 0 Å². The highest BCUT2D eigenvalue weighted by molar-refractivity contribution is 5.59. The van der Waals surface area contributed by atoms with E-state index in [1.54, 1.807) is 12.1 Å². The predicted molar refractivity (Wildman–Crippen MR) is 114 cm³/mol. The van der Waals surface area contributed by atoms with E-state index in [1.807, 2.05) is 45.9 Å². The molecule has 0 aromatic heterocycles. The highest BCUT2D eigenvalue weighted by atomic mass is 16.5. The Labute approximate surface area is 172 Å². The number of ether oxygens (including phenoxy) is 2. The van der Waals surface area contributed by atoms with Gasteiger partial charge in [-0.1, -0.05) is 37.6 Å². The lowest BCUT2D eigenvalue weighted by Gasteiger charge is -2.31. The molecule has 0 fully saturated rings. The number of hydrogen-bond donors (Lipinski definition) is 2. The number of phenolic OH excluding ortho intramolecular Hbond substituents is 2. The van der Waals surface area contributed by atoms with Crippen molar-refractivity contribution in [1.29, 1.82) is 0 Å². The van der Waals surface area contributed by atoms with Crippen LogP contribution in [0.1, 0.15) is 62.0 Å². The van der Waals surface area contributed by atoms with Crippen molar-refractivity contribution >= 4 is 0 Å². The highest BCUT2D eigenvalue weighted by Crippen LogP contribution is 2.54. The summed E-state index contributed by atoms with van der Waals surface area (Å²) < 4.78 is 12.5. The van der Waals surface area contributed by atoms with Gasteiger partial charge in [0.25, 0.3) is 0 Å². The van der Waals surface area contributed by atoms with Gasteiger partial charge >= 0.3 is 0 Å². The fourth-order valence-corrected chi connectivity index (χ4v) is 4.14. The summed E-state index contributed by atoms with van der Waals surface area (Å²) in [7, 11) is 0. The molecule has 0 aliphatic carbocycles. The first-order valence-electron chi connectivity index (χ1n) is 10.0. The molecule has 2 heterocycles. The summed E-state index contributed by atoms with van der Waals surface area (Å²) in [5.74, 6) is 1.90. The molecular weight excluding hydrogens is 364 g/mol. The van der Waals surface area contributed by atoms with E-state index in [-0.39, 0.29) is 28.9 Å². The van der Waals surface area contributed by atoms with Gasteiger partial charge < -0.3 is 19.7 Å². The largest absolute Gasteiger partial charge is 0.508 e. The van der Waals surface area contributed by atoms with Crippen LogP contribution in [-0.4, -0.2) is 16.8 Å². The standard InChI is InChI=1S/C25H28O4/c1-6-25(4,5)19-11-17-22(12-21(19)27)28-13-18-15-9-10-20(26)16(8-7-14(2)3)23(15)29-24(17)18/h6-7,9-12,18,24,26-27H,1,8,13H2,2-5H3/t18-,24+/m0/s1. The van der Waals surface area contributed by atoms with Crippen molar-refractivity contribution < 1.29 is 19.7 Å². The van der Waals surface area contributed by atoms with Gasteiger partial charge in [-0.25, -0.2) is 0 Å². The zero-order valence-electron chi connectivity index (χ0n) is 17.5. The van der Waals surface area contributed by atoms with Crippen LogP contribution in [0.4, 0.5) is 0 Å². The second-order valence-electron chi connectivity index (χ2n) is 8.76. The van der Waals surface area contributed by atoms with Gasteiger partial charge in [0.1, 0.15) is 29.1 Å². The van der Waals surface area contributed by atoms with Gasteiger partial charge in [0.2, 0.25) is 0 Å². The maximum Gasteiger partial charge on any atom is 0.138 e. The first kappa shape index (κ1) is 19.4. The molecule has 0 saturated heterocycles. The number of benzene rings is 2. The second-order valence-corrected chi connectivity index (χ2v) is 8.76. The van der Waals surface area contributed by atoms with Crippen LogP contribution in [0, 0.1) is 0 Å². The molecule has 2 aromatic carbocycles. The number of aromatic hydroxyl groups is 2. The van der Waals surface area contributed by atoms with Crippen molar-refractivity contribution in [2.24, 2.45) is 0 Å². The number of hydrogen-bond acceptors (Lipinski definition) is 4. The Morgan fingerprint density at radius 3 is 2.62 bits per heavy atom. The molecule has 4 heteroatoms. The van der Waals surface area contributed by atoms with Crippen LogP contribution in [0.2, 0.25) is 0 Å². The zero-order chi connectivity index (χ0) is 20.9. The normalized spacial score (nSPS) is 19.3. The van der Waals surface area contributed by atoms with Gasteiger partial charge in [0, 0.05) is 33.7 Å². The van der Waals surface area contributed by atoms with Crippen molar-refractivity contribution in [2.45, 2.75) is 51.6 Å². The van der Waals surface area contributed by atoms with Gasteiger partial charge in [-0.3, -0.25) is 0 Å². The van der Waals surface area contributed by atoms with E-state index >= 15 is 0 Å². The van der Waals surface area contributed by atoms with E-state index < -0.39 is 0 Å². The molecular formula is C25H28O4. The summed E-state index contributed by atoms with van der Waals surface area (Å²) in [4.78, 5) is 0. The fraction of sp³-hybridized carbons (Fsp3) is 0.360. The average Bonchev–Trinajstić information content (AvgIpc) is 3.05. The Bertz CT molecular complexity index is 1010. The lowest BCUT2D eigenvalue weighted by molar-refractivity contribution is 0.138. The van der Waals surface area contributed by atoms with E-state index in [0.717, 1.165) is 28.0 Å². The first-order chi connectivity index (χ1) is 13.7. The molecule has 0 unspecified atom stereocenters. The summed E-state index contributed by atoms with van der Waals surface area (Å²) in [6, 6.07) is 7.34. The predicted octanol–water partition coefficient (Wildman–Crippen LogP) is 5.68. The van der Waals surface area contributed by atoms with E-state index in [0.29, 0.717) is 18.8 Å². The van der Waals surface area contributed by atoms with Gasteiger partial charge in [0.05, 0.1) is 12.5 Å². The van der Waals surface area contributed by atoms with Crippen molar-refractivity contribution in [3.8, 4) is 23.0 Å². The van der Waals surface area contributed by atoms with Crippen LogP contribution in [-0.2, 0) is 11.8 Å². The zero-order valence-corrected chi connectivity index (χ0v) is 17.5. The SMILES string of the molecule is C=CC(C)(C)c1cc2c(cc1O)OC[C@H]1c3ccc(O)c(CC=C(C)C)c3O[C@H]21. The number of rotatable bonds is 4. The molecule has 4 nitrogen and oxygen atoms in total. The first-order valence-corrected chi connectivity index (χ1v) is 10.0. The average molecular weight is 392 g/mol. The molecule has 0 bridgehead atoms. The molecule has 2 aliphatic rings. The van der Waals surface area contributed by atoms with E-state index in [4.69, 9.17) is 9.47 Å². The summed E-state index contributed by atoms with van der Waals surface area (Å²) >= 11 is 0. The minimum absolute atomic E-state index is 0.0489. The quantitative estimate of drug-likeness (QED) is 0.657. The molecule has 2 aromatic rings. The van der Waals surface area contributed by atoms with Crippen LogP contribution in [0.3, 0.4) is 0 Å². The Morgan fingerprint density at radius 2 is 1.93 bits per heavy atom. The van der Waals surface area contributed by atoms with Gasteiger partial charge in [0.15, 0.2) is 0 Å². The third-order valence-corrected chi connectivity index (χ3v) is 6.05. The van der Waals surface area contributed by atoms with Crippen molar-refractivity contribution in [2.75, 3.05) is 6.61 Å². The van der Waals surface area contributed by atoms with Gasteiger partial charge in [-0.05, 0) is 32.4 Å². The molecule has 2 N–H and O–H groups in total. The highest BCUT2D eigenvalue weighted by Gasteiger charge is 2.43. The maximum atomic E-state index is 10.5. The number of phenols is 2. The monoisotopic (exact) mass is 392 g/mol. The number of allylic oxidation sites excluding steroid dienone is 3. The molecule has 2 atom stereocenters. The van der Waals surface area contributed by atoms with Crippen molar-refractivity contribution in [3.63, 3.8) is 0 Å². The Kier molecular flexibility index (Phi) is 4.60. The lowest BCUT2D eigenvalue weighted by Crippen LogP contribution is -2.24. The van der Waals surface area contributed by atoms with E-state index in [1.165, 1.54) is 5.57 Å². The summed E-state index contributed by atoms with van der Waals surface area (Å²) in [6.07, 6.45) is 4.33. The maximum absolute atomic E-state index is 10.5. The van der Waals surface area contributed by atoms with E-state index in [9.17, 15) is 10.2 Å². The smallest absolute Gasteiger partial charge is 0.138 e. The Hall–Kier alpha value is -2.88. The fourth-order valence-electron chi connectivity index (χ4n) is 4.14. The molecule has 0 amide bonds. The molecule has 2 aliphatic heterocycles. The summed E-state index contributed by atoms with van der Waals surface area (Å²) in [5.41, 5.74) is 4.40. The molecule has 0 spiro atoms. The third-order valence-electron chi connectivity index (χ3n) is 6.05. The summed E-state index contributed by atoms with van der Waals surface area (Å²) in [5, 5.41) is 21.0. The van der Waals surface area contributed by atoms with Crippen LogP contribution >= 0.6 is 0 Å². The van der Waals surface area contributed by atoms with Crippen molar-refractivity contribution in [3.05, 3.63) is 70.8 Å². The number of fused-ring (bicyclic) bond motifs is 5.